The number of rotatable bonds is 5. The fourth-order valence-electron chi connectivity index (χ4n) is 4.06. The molecule has 0 spiro atoms. The highest BCUT2D eigenvalue weighted by molar-refractivity contribution is 5.91. The van der Waals surface area contributed by atoms with Gasteiger partial charge in [-0.1, -0.05) is 58.5 Å². The first-order chi connectivity index (χ1) is 19.4. The quantitative estimate of drug-likeness (QED) is 0.141. The molecule has 3 aromatic rings. The van der Waals surface area contributed by atoms with E-state index in [0.29, 0.717) is 13.2 Å². The summed E-state index contributed by atoms with van der Waals surface area (Å²) in [6.07, 6.45) is 2.41. The lowest BCUT2D eigenvalue weighted by Gasteiger charge is -2.05. The van der Waals surface area contributed by atoms with Crippen LogP contribution in [0.3, 0.4) is 0 Å². The van der Waals surface area contributed by atoms with Crippen LogP contribution in [0.15, 0.2) is 60.7 Å². The van der Waals surface area contributed by atoms with E-state index in [1.807, 2.05) is 78.8 Å². The average molecular weight is 555 g/mol. The number of aryl methyl sites for hydroxylation is 6. The third-order valence-electron chi connectivity index (χ3n) is 5.48. The molecule has 41 heavy (non-hydrogen) atoms. The lowest BCUT2D eigenvalue weighted by atomic mass is 10.0. The molecule has 0 saturated heterocycles. The molecule has 0 radical (unpaired) electrons. The number of benzene rings is 3. The van der Waals surface area contributed by atoms with E-state index in [9.17, 15) is 14.4 Å². The second-order valence-corrected chi connectivity index (χ2v) is 9.84. The standard InChI is InChI=1S/C14H18O2.C13H14O2.C9H10O/c1-5-16-14(15)9-12(4)13-7-10(2)6-11(3)8-13;1-4-15-13(14)6-5-12-8-10(2)7-11(3)9-12;1-7-3-8(2)5-9(4-7)6-10/h6-9H,5H2,1-4H3;7-9H,4H2,1-3H3;3-6H,1-2H3/b12-9-;;. The van der Waals surface area contributed by atoms with Crippen molar-refractivity contribution in [1.82, 2.24) is 0 Å². The van der Waals surface area contributed by atoms with Gasteiger partial charge in [-0.25, -0.2) is 9.59 Å². The molecule has 0 aliphatic heterocycles. The molecule has 0 aromatic heterocycles. The summed E-state index contributed by atoms with van der Waals surface area (Å²) in [5, 5.41) is 0. The number of hydrogen-bond acceptors (Lipinski definition) is 5. The largest absolute Gasteiger partial charge is 0.463 e. The molecule has 3 rings (SSSR count). The SMILES string of the molecule is CCOC(=O)/C=C(/C)c1cc(C)cc(C)c1.CCOC(=O)C#Cc1cc(C)cc(C)c1.Cc1cc(C)cc(C=O)c1. The number of aldehydes is 1. The number of esters is 2. The van der Waals surface area contributed by atoms with Crippen molar-refractivity contribution in [2.45, 2.75) is 62.3 Å². The van der Waals surface area contributed by atoms with Gasteiger partial charge in [0, 0.05) is 23.1 Å². The van der Waals surface area contributed by atoms with Crippen LogP contribution >= 0.6 is 0 Å². The fraction of sp³-hybridized carbons (Fsp3) is 0.306. The Bertz CT molecular complexity index is 1370. The molecule has 0 N–H and O–H groups in total. The van der Waals surface area contributed by atoms with E-state index in [1.165, 1.54) is 17.2 Å². The van der Waals surface area contributed by atoms with Gasteiger partial charge in [0.25, 0.3) is 0 Å². The predicted molar refractivity (Wildman–Crippen MR) is 167 cm³/mol. The van der Waals surface area contributed by atoms with Crippen molar-refractivity contribution in [3.63, 3.8) is 0 Å². The Kier molecular flexibility index (Phi) is 15.2. The second kappa shape index (κ2) is 18.0. The lowest BCUT2D eigenvalue weighted by molar-refractivity contribution is -0.137. The third kappa shape index (κ3) is 14.5. The van der Waals surface area contributed by atoms with Gasteiger partial charge in [-0.15, -0.1) is 0 Å². The molecule has 0 fully saturated rings. The summed E-state index contributed by atoms with van der Waals surface area (Å²) in [5.74, 6) is 4.48. The topological polar surface area (TPSA) is 69.7 Å². The molecule has 0 aliphatic rings. The minimum atomic E-state index is -0.475. The van der Waals surface area contributed by atoms with Crippen LogP contribution in [-0.2, 0) is 19.1 Å². The summed E-state index contributed by atoms with van der Waals surface area (Å²) in [6.45, 7) is 18.3. The van der Waals surface area contributed by atoms with Crippen LogP contribution in [0.25, 0.3) is 5.57 Å². The predicted octanol–water partition coefficient (Wildman–Crippen LogP) is 7.60. The van der Waals surface area contributed by atoms with E-state index in [0.717, 1.165) is 50.8 Å². The van der Waals surface area contributed by atoms with Crippen molar-refractivity contribution in [3.05, 3.63) is 111 Å². The molecule has 3 aromatic carbocycles. The molecule has 0 unspecified atom stereocenters. The molecule has 0 bridgehead atoms. The molecular formula is C36H42O5. The second-order valence-electron chi connectivity index (χ2n) is 9.84. The molecule has 5 heteroatoms. The maximum Gasteiger partial charge on any atom is 0.384 e. The highest BCUT2D eigenvalue weighted by Gasteiger charge is 2.02. The van der Waals surface area contributed by atoms with E-state index in [2.05, 4.69) is 36.1 Å². The zero-order valence-electron chi connectivity index (χ0n) is 25.8. The van der Waals surface area contributed by atoms with Gasteiger partial charge in [0.1, 0.15) is 6.29 Å². The fourth-order valence-corrected chi connectivity index (χ4v) is 4.06. The van der Waals surface area contributed by atoms with E-state index in [4.69, 9.17) is 9.47 Å². The summed E-state index contributed by atoms with van der Waals surface area (Å²) in [6, 6.07) is 18.0. The molecule has 0 atom stereocenters. The summed E-state index contributed by atoms with van der Waals surface area (Å²) >= 11 is 0. The number of ether oxygens (including phenoxy) is 2. The molecule has 0 amide bonds. The van der Waals surface area contributed by atoms with Crippen LogP contribution < -0.4 is 0 Å². The Morgan fingerprint density at radius 3 is 1.56 bits per heavy atom. The highest BCUT2D eigenvalue weighted by atomic mass is 16.5. The minimum Gasteiger partial charge on any atom is -0.463 e. The van der Waals surface area contributed by atoms with Crippen LogP contribution in [0, 0.1) is 53.4 Å². The molecule has 0 heterocycles. The Labute approximate surface area is 245 Å². The number of allylic oxidation sites excluding steroid dienone is 1. The summed E-state index contributed by atoms with van der Waals surface area (Å²) in [4.78, 5) is 32.6. The first kappa shape index (κ1) is 34.6. The van der Waals surface area contributed by atoms with Crippen molar-refractivity contribution in [1.29, 1.82) is 0 Å². The van der Waals surface area contributed by atoms with Gasteiger partial charge < -0.3 is 9.47 Å². The molecule has 216 valence electrons. The van der Waals surface area contributed by atoms with Crippen LogP contribution in [0.5, 0.6) is 0 Å². The van der Waals surface area contributed by atoms with E-state index < -0.39 is 5.97 Å². The van der Waals surface area contributed by atoms with Gasteiger partial charge in [0.15, 0.2) is 0 Å². The highest BCUT2D eigenvalue weighted by Crippen LogP contribution is 2.17. The van der Waals surface area contributed by atoms with Crippen molar-refractivity contribution < 1.29 is 23.9 Å². The van der Waals surface area contributed by atoms with Crippen molar-refractivity contribution >= 4 is 23.8 Å². The summed E-state index contributed by atoms with van der Waals surface area (Å²) in [7, 11) is 0. The van der Waals surface area contributed by atoms with Crippen LogP contribution in [0.1, 0.15) is 75.6 Å². The van der Waals surface area contributed by atoms with Gasteiger partial charge >= 0.3 is 11.9 Å². The van der Waals surface area contributed by atoms with Crippen LogP contribution in [0.2, 0.25) is 0 Å². The van der Waals surface area contributed by atoms with Gasteiger partial charge in [-0.05, 0) is 109 Å². The molecule has 5 nitrogen and oxygen atoms in total. The third-order valence-corrected chi connectivity index (χ3v) is 5.48. The summed E-state index contributed by atoms with van der Waals surface area (Å²) < 4.78 is 9.59. The Morgan fingerprint density at radius 1 is 0.683 bits per heavy atom. The number of carbonyl (C=O) groups excluding carboxylic acids is 3. The van der Waals surface area contributed by atoms with Gasteiger partial charge in [-0.3, -0.25) is 4.79 Å². The van der Waals surface area contributed by atoms with E-state index in [-0.39, 0.29) is 5.97 Å². The molecule has 0 aliphatic carbocycles. The first-order valence-electron chi connectivity index (χ1n) is 13.6. The van der Waals surface area contributed by atoms with Crippen molar-refractivity contribution in [3.8, 4) is 11.8 Å². The van der Waals surface area contributed by atoms with E-state index >= 15 is 0 Å². The Hall–Kier alpha value is -4.43. The van der Waals surface area contributed by atoms with Crippen LogP contribution in [0.4, 0.5) is 0 Å². The maximum absolute atomic E-state index is 11.3. The van der Waals surface area contributed by atoms with Crippen molar-refractivity contribution in [2.24, 2.45) is 0 Å². The zero-order chi connectivity index (χ0) is 30.9. The van der Waals surface area contributed by atoms with Crippen molar-refractivity contribution in [2.75, 3.05) is 13.2 Å². The monoisotopic (exact) mass is 554 g/mol. The normalized spacial score (nSPS) is 10.0. The van der Waals surface area contributed by atoms with E-state index in [1.54, 1.807) is 13.8 Å². The van der Waals surface area contributed by atoms with Crippen LogP contribution in [-0.4, -0.2) is 31.4 Å². The average Bonchev–Trinajstić information content (AvgIpc) is 2.87. The smallest absolute Gasteiger partial charge is 0.384 e. The first-order valence-corrected chi connectivity index (χ1v) is 13.6. The zero-order valence-corrected chi connectivity index (χ0v) is 25.8. The molecule has 0 saturated carbocycles. The molecular weight excluding hydrogens is 512 g/mol. The lowest BCUT2D eigenvalue weighted by Crippen LogP contribution is -2.00. The van der Waals surface area contributed by atoms with Gasteiger partial charge in [0.2, 0.25) is 0 Å². The number of carbonyl (C=O) groups is 3. The Morgan fingerprint density at radius 2 is 1.12 bits per heavy atom. The maximum atomic E-state index is 11.3. The van der Waals surface area contributed by atoms with Gasteiger partial charge in [-0.2, -0.15) is 0 Å². The van der Waals surface area contributed by atoms with Gasteiger partial charge in [0.05, 0.1) is 13.2 Å². The Balaban J connectivity index is 0.000000316. The summed E-state index contributed by atoms with van der Waals surface area (Å²) in [5.41, 5.74) is 10.6. The minimum absolute atomic E-state index is 0.279. The number of hydrogen-bond donors (Lipinski definition) is 0.